The molecule has 9 heteroatoms. The van der Waals surface area contributed by atoms with Crippen LogP contribution in [0.1, 0.15) is 51.4 Å². The van der Waals surface area contributed by atoms with Crippen molar-refractivity contribution in [1.29, 1.82) is 0 Å². The molecule has 0 saturated heterocycles. The van der Waals surface area contributed by atoms with Gasteiger partial charge in [0.05, 0.1) is 10.9 Å². The molecule has 0 radical (unpaired) electrons. The lowest BCUT2D eigenvalue weighted by atomic mass is 9.95. The minimum absolute atomic E-state index is 0.000751. The third-order valence-electron chi connectivity index (χ3n) is 6.55. The van der Waals surface area contributed by atoms with E-state index in [0.29, 0.717) is 30.2 Å². The number of nitrogens with one attached hydrogen (secondary N) is 2. The number of hydrogen-bond acceptors (Lipinski definition) is 4. The molecular formula is C27H31FN4O4. The van der Waals surface area contributed by atoms with Crippen LogP contribution in [0.25, 0.3) is 10.9 Å². The van der Waals surface area contributed by atoms with Gasteiger partial charge in [-0.1, -0.05) is 37.5 Å². The van der Waals surface area contributed by atoms with Crippen LogP contribution in [-0.4, -0.2) is 27.0 Å². The van der Waals surface area contributed by atoms with Gasteiger partial charge in [-0.25, -0.2) is 9.18 Å². The predicted molar refractivity (Wildman–Crippen MR) is 136 cm³/mol. The molecule has 2 N–H and O–H groups in total. The molecule has 36 heavy (non-hydrogen) atoms. The molecule has 0 unspecified atom stereocenters. The molecule has 1 aliphatic carbocycles. The number of anilines is 1. The average molecular weight is 495 g/mol. The summed E-state index contributed by atoms with van der Waals surface area (Å²) in [6, 6.07) is 12.4. The number of fused-ring (bicyclic) bond motifs is 1. The summed E-state index contributed by atoms with van der Waals surface area (Å²) < 4.78 is 15.8. The van der Waals surface area contributed by atoms with E-state index in [1.807, 2.05) is 0 Å². The zero-order valence-electron chi connectivity index (χ0n) is 20.2. The van der Waals surface area contributed by atoms with E-state index >= 15 is 0 Å². The molecule has 0 atom stereocenters. The minimum atomic E-state index is -0.597. The largest absolute Gasteiger partial charge is 0.353 e. The van der Waals surface area contributed by atoms with Crippen LogP contribution < -0.4 is 21.9 Å². The molecule has 3 aromatic rings. The first-order chi connectivity index (χ1) is 17.4. The number of para-hydroxylation sites is 1. The lowest BCUT2D eigenvalue weighted by Crippen LogP contribution is -2.41. The van der Waals surface area contributed by atoms with Crippen molar-refractivity contribution in [2.45, 2.75) is 70.5 Å². The SMILES string of the molecule is O=C(Cn1c(=O)n(CCCCC(=O)NC2CCCCC2)c(=O)c2ccccc21)Nc1cccc(F)c1. The van der Waals surface area contributed by atoms with Gasteiger partial charge in [-0.3, -0.25) is 23.5 Å². The fraction of sp³-hybridized carbons (Fsp3) is 0.407. The van der Waals surface area contributed by atoms with Crippen molar-refractivity contribution in [2.75, 3.05) is 5.32 Å². The standard InChI is InChI=1S/C27H31FN4O4/c28-19-9-8-12-21(17-19)30-25(34)18-32-23-14-5-4-13-22(23)26(35)31(27(32)36)16-7-6-15-24(33)29-20-10-2-1-3-11-20/h4-5,8-9,12-14,17,20H,1-3,6-7,10-11,15-16,18H2,(H,29,33)(H,30,34). The Balaban J connectivity index is 1.45. The van der Waals surface area contributed by atoms with Gasteiger partial charge >= 0.3 is 5.69 Å². The van der Waals surface area contributed by atoms with E-state index in [1.165, 1.54) is 29.2 Å². The fourth-order valence-corrected chi connectivity index (χ4v) is 4.73. The Kier molecular flexibility index (Phi) is 8.30. The van der Waals surface area contributed by atoms with Gasteiger partial charge in [-0.2, -0.15) is 0 Å². The van der Waals surface area contributed by atoms with Gasteiger partial charge in [-0.15, -0.1) is 0 Å². The summed E-state index contributed by atoms with van der Waals surface area (Å²) in [6.07, 6.45) is 6.89. The van der Waals surface area contributed by atoms with E-state index in [4.69, 9.17) is 0 Å². The van der Waals surface area contributed by atoms with Gasteiger partial charge in [0.15, 0.2) is 0 Å². The summed E-state index contributed by atoms with van der Waals surface area (Å²) in [6.45, 7) is -0.190. The highest BCUT2D eigenvalue weighted by Gasteiger charge is 2.17. The smallest absolute Gasteiger partial charge is 0.331 e. The molecule has 1 saturated carbocycles. The van der Waals surface area contributed by atoms with E-state index in [1.54, 1.807) is 30.3 Å². The molecule has 0 aliphatic heterocycles. The number of nitrogens with zero attached hydrogens (tertiary/aromatic N) is 2. The molecule has 190 valence electrons. The Labute approximate surface area is 208 Å². The Morgan fingerprint density at radius 2 is 1.69 bits per heavy atom. The van der Waals surface area contributed by atoms with Crippen molar-refractivity contribution in [3.63, 3.8) is 0 Å². The van der Waals surface area contributed by atoms with Gasteiger partial charge in [0.25, 0.3) is 5.56 Å². The number of carbonyl (C=O) groups is 2. The van der Waals surface area contributed by atoms with Crippen molar-refractivity contribution in [1.82, 2.24) is 14.5 Å². The van der Waals surface area contributed by atoms with Crippen molar-refractivity contribution >= 4 is 28.4 Å². The first-order valence-electron chi connectivity index (χ1n) is 12.5. The summed E-state index contributed by atoms with van der Waals surface area (Å²) in [5, 5.41) is 5.99. The Hall–Kier alpha value is -3.75. The zero-order valence-corrected chi connectivity index (χ0v) is 20.2. The van der Waals surface area contributed by atoms with Gasteiger partial charge in [0, 0.05) is 24.7 Å². The van der Waals surface area contributed by atoms with Crippen LogP contribution in [0.4, 0.5) is 10.1 Å². The lowest BCUT2D eigenvalue weighted by Gasteiger charge is -2.22. The van der Waals surface area contributed by atoms with Gasteiger partial charge in [0.1, 0.15) is 12.4 Å². The van der Waals surface area contributed by atoms with Crippen LogP contribution in [0, 0.1) is 5.82 Å². The number of benzene rings is 2. The molecule has 2 aromatic carbocycles. The highest BCUT2D eigenvalue weighted by Crippen LogP contribution is 2.17. The third kappa shape index (κ3) is 6.27. The molecule has 4 rings (SSSR count). The number of halogens is 1. The number of amides is 2. The van der Waals surface area contributed by atoms with Crippen LogP contribution in [0.3, 0.4) is 0 Å². The Morgan fingerprint density at radius 1 is 0.917 bits per heavy atom. The predicted octanol–water partition coefficient (Wildman–Crippen LogP) is 3.56. The van der Waals surface area contributed by atoms with Crippen molar-refractivity contribution in [2.24, 2.45) is 0 Å². The second-order valence-electron chi connectivity index (χ2n) is 9.26. The van der Waals surface area contributed by atoms with Crippen LogP contribution in [0.5, 0.6) is 0 Å². The fourth-order valence-electron chi connectivity index (χ4n) is 4.73. The maximum Gasteiger partial charge on any atom is 0.331 e. The lowest BCUT2D eigenvalue weighted by molar-refractivity contribution is -0.122. The van der Waals surface area contributed by atoms with Crippen molar-refractivity contribution < 1.29 is 14.0 Å². The van der Waals surface area contributed by atoms with Gasteiger partial charge < -0.3 is 10.6 Å². The molecular weight excluding hydrogens is 463 g/mol. The third-order valence-corrected chi connectivity index (χ3v) is 6.55. The van der Waals surface area contributed by atoms with Gasteiger partial charge in [0.2, 0.25) is 11.8 Å². The maximum atomic E-state index is 13.5. The highest BCUT2D eigenvalue weighted by molar-refractivity contribution is 5.91. The monoisotopic (exact) mass is 494 g/mol. The first kappa shape index (κ1) is 25.3. The summed E-state index contributed by atoms with van der Waals surface area (Å²) >= 11 is 0. The van der Waals surface area contributed by atoms with Crippen LogP contribution in [0.2, 0.25) is 0 Å². The second-order valence-corrected chi connectivity index (χ2v) is 9.26. The Morgan fingerprint density at radius 3 is 2.47 bits per heavy atom. The molecule has 2 amide bonds. The number of rotatable bonds is 9. The molecule has 1 aromatic heterocycles. The number of hydrogen-bond donors (Lipinski definition) is 2. The van der Waals surface area contributed by atoms with E-state index in [0.717, 1.165) is 30.3 Å². The molecule has 0 spiro atoms. The van der Waals surface area contributed by atoms with E-state index in [-0.39, 0.29) is 30.7 Å². The van der Waals surface area contributed by atoms with Crippen LogP contribution in [0.15, 0.2) is 58.1 Å². The minimum Gasteiger partial charge on any atom is -0.353 e. The molecule has 8 nitrogen and oxygen atoms in total. The Bertz CT molecular complexity index is 1360. The molecule has 1 fully saturated rings. The van der Waals surface area contributed by atoms with Crippen molar-refractivity contribution in [3.05, 3.63) is 75.2 Å². The summed E-state index contributed by atoms with van der Waals surface area (Å²) in [4.78, 5) is 51.2. The van der Waals surface area contributed by atoms with E-state index in [9.17, 15) is 23.6 Å². The molecule has 1 aliphatic rings. The first-order valence-corrected chi connectivity index (χ1v) is 12.5. The average Bonchev–Trinajstić information content (AvgIpc) is 2.86. The van der Waals surface area contributed by atoms with E-state index < -0.39 is 23.0 Å². The number of carbonyl (C=O) groups excluding carboxylic acids is 2. The summed E-state index contributed by atoms with van der Waals surface area (Å²) in [7, 11) is 0. The zero-order chi connectivity index (χ0) is 25.5. The van der Waals surface area contributed by atoms with Crippen LogP contribution in [-0.2, 0) is 22.7 Å². The van der Waals surface area contributed by atoms with Gasteiger partial charge in [-0.05, 0) is 56.0 Å². The highest BCUT2D eigenvalue weighted by atomic mass is 19.1. The quantitative estimate of drug-likeness (QED) is 0.444. The summed E-state index contributed by atoms with van der Waals surface area (Å²) in [5.74, 6) is -1.01. The maximum absolute atomic E-state index is 13.5. The summed E-state index contributed by atoms with van der Waals surface area (Å²) in [5.41, 5.74) is -0.397. The normalized spacial score (nSPS) is 14.0. The number of aromatic nitrogens is 2. The topological polar surface area (TPSA) is 102 Å². The molecule has 1 heterocycles. The molecule has 0 bridgehead atoms. The van der Waals surface area contributed by atoms with Crippen molar-refractivity contribution in [3.8, 4) is 0 Å². The number of unbranched alkanes of at least 4 members (excludes halogenated alkanes) is 1. The second kappa shape index (κ2) is 11.8. The van der Waals surface area contributed by atoms with Crippen LogP contribution >= 0.6 is 0 Å². The van der Waals surface area contributed by atoms with E-state index in [2.05, 4.69) is 10.6 Å².